The predicted octanol–water partition coefficient (Wildman–Crippen LogP) is -0.403. The summed E-state index contributed by atoms with van der Waals surface area (Å²) in [5.74, 6) is 0.871. The van der Waals surface area contributed by atoms with Crippen molar-refractivity contribution >= 4 is 10.0 Å². The number of rotatable bonds is 3. The Morgan fingerprint density at radius 3 is 2.94 bits per heavy atom. The van der Waals surface area contributed by atoms with Crippen molar-refractivity contribution in [3.63, 3.8) is 0 Å². The minimum absolute atomic E-state index is 0.0115. The van der Waals surface area contributed by atoms with Gasteiger partial charge in [0.2, 0.25) is 0 Å². The first-order valence-electron chi connectivity index (χ1n) is 5.88. The highest BCUT2D eigenvalue weighted by Gasteiger charge is 2.32. The van der Waals surface area contributed by atoms with Gasteiger partial charge in [0.25, 0.3) is 10.0 Å². The lowest BCUT2D eigenvalue weighted by atomic mass is 9.89. The Morgan fingerprint density at radius 2 is 2.24 bits per heavy atom. The van der Waals surface area contributed by atoms with Crippen LogP contribution in [-0.2, 0) is 23.0 Å². The third-order valence-electron chi connectivity index (χ3n) is 3.46. The van der Waals surface area contributed by atoms with Gasteiger partial charge in [0.05, 0.1) is 6.20 Å². The van der Waals surface area contributed by atoms with Gasteiger partial charge in [0, 0.05) is 25.0 Å². The van der Waals surface area contributed by atoms with Crippen LogP contribution < -0.4 is 10.5 Å². The van der Waals surface area contributed by atoms with Crippen molar-refractivity contribution in [3.05, 3.63) is 12.0 Å². The summed E-state index contributed by atoms with van der Waals surface area (Å²) in [6.45, 7) is 0.746. The van der Waals surface area contributed by atoms with Crippen molar-refractivity contribution in [1.29, 1.82) is 0 Å². The lowest BCUT2D eigenvalue weighted by Crippen LogP contribution is -2.50. The number of aryl methyl sites for hydroxylation is 1. The quantitative estimate of drug-likeness (QED) is 0.770. The molecule has 3 N–H and O–H groups in total. The third kappa shape index (κ3) is 1.88. The van der Waals surface area contributed by atoms with Gasteiger partial charge in [-0.2, -0.15) is 0 Å². The van der Waals surface area contributed by atoms with E-state index in [0.29, 0.717) is 5.03 Å². The van der Waals surface area contributed by atoms with Crippen LogP contribution in [0.2, 0.25) is 0 Å². The van der Waals surface area contributed by atoms with Crippen LogP contribution in [0, 0.1) is 0 Å². The summed E-state index contributed by atoms with van der Waals surface area (Å²) in [6.07, 6.45) is 4.74. The molecule has 1 aliphatic heterocycles. The summed E-state index contributed by atoms with van der Waals surface area (Å²) in [5.41, 5.74) is 5.64. The smallest absolute Gasteiger partial charge is 0.258 e. The lowest BCUT2D eigenvalue weighted by Gasteiger charge is -2.32. The topological polar surface area (TPSA) is 90.0 Å². The van der Waals surface area contributed by atoms with Gasteiger partial charge in [-0.3, -0.25) is 0 Å². The summed E-state index contributed by atoms with van der Waals surface area (Å²) in [7, 11) is -3.43. The predicted molar refractivity (Wildman–Crippen MR) is 61.9 cm³/mol. The molecule has 1 fully saturated rings. The molecule has 3 rings (SSSR count). The fourth-order valence-electron chi connectivity index (χ4n) is 2.48. The van der Waals surface area contributed by atoms with E-state index >= 15 is 0 Å². The number of imidazole rings is 1. The first kappa shape index (κ1) is 11.2. The Labute approximate surface area is 100 Å². The molecule has 7 heteroatoms. The molecule has 6 nitrogen and oxygen atoms in total. The van der Waals surface area contributed by atoms with Gasteiger partial charge in [-0.15, -0.1) is 0 Å². The largest absolute Gasteiger partial charge is 0.328 e. The monoisotopic (exact) mass is 256 g/mol. The number of sulfonamides is 1. The van der Waals surface area contributed by atoms with Crippen LogP contribution >= 0.6 is 0 Å². The van der Waals surface area contributed by atoms with E-state index in [2.05, 4.69) is 9.71 Å². The SMILES string of the molecule is NC1CC(NS(=O)(=O)c2cnc3n2CCC3)C1. The highest BCUT2D eigenvalue weighted by molar-refractivity contribution is 7.89. The maximum Gasteiger partial charge on any atom is 0.258 e. The molecule has 0 unspecified atom stereocenters. The molecule has 94 valence electrons. The lowest BCUT2D eigenvalue weighted by molar-refractivity contribution is 0.326. The average Bonchev–Trinajstić information content (AvgIpc) is 2.74. The summed E-state index contributed by atoms with van der Waals surface area (Å²) >= 11 is 0. The molecule has 1 aromatic heterocycles. The van der Waals surface area contributed by atoms with E-state index in [4.69, 9.17) is 5.73 Å². The van der Waals surface area contributed by atoms with E-state index in [9.17, 15) is 8.42 Å². The highest BCUT2D eigenvalue weighted by Crippen LogP contribution is 2.23. The number of hydrogen-bond acceptors (Lipinski definition) is 4. The number of nitrogens with one attached hydrogen (secondary N) is 1. The second-order valence-electron chi connectivity index (χ2n) is 4.82. The molecule has 0 radical (unpaired) electrons. The normalized spacial score (nSPS) is 27.8. The molecule has 0 saturated heterocycles. The third-order valence-corrected chi connectivity index (χ3v) is 4.98. The van der Waals surface area contributed by atoms with Gasteiger partial charge in [-0.05, 0) is 19.3 Å². The number of nitrogens with zero attached hydrogens (tertiary/aromatic N) is 2. The second-order valence-corrected chi connectivity index (χ2v) is 6.48. The summed E-state index contributed by atoms with van der Waals surface area (Å²) in [5, 5.41) is 0.297. The second kappa shape index (κ2) is 3.79. The summed E-state index contributed by atoms with van der Waals surface area (Å²) in [6, 6.07) is 0.126. The van der Waals surface area contributed by atoms with Crippen LogP contribution in [0.1, 0.15) is 25.1 Å². The van der Waals surface area contributed by atoms with Crippen molar-refractivity contribution in [3.8, 4) is 0 Å². The molecule has 1 aromatic rings. The fraction of sp³-hybridized carbons (Fsp3) is 0.700. The number of nitrogens with two attached hydrogens (primary N) is 1. The average molecular weight is 256 g/mol. The van der Waals surface area contributed by atoms with Crippen molar-refractivity contribution in [2.24, 2.45) is 5.73 Å². The van der Waals surface area contributed by atoms with Gasteiger partial charge in [-0.1, -0.05) is 0 Å². The van der Waals surface area contributed by atoms with Gasteiger partial charge in [-0.25, -0.2) is 18.1 Å². The Bertz CT molecular complexity index is 531. The van der Waals surface area contributed by atoms with Crippen molar-refractivity contribution in [1.82, 2.24) is 14.3 Å². The van der Waals surface area contributed by atoms with Crippen molar-refractivity contribution < 1.29 is 8.42 Å². The molecule has 1 saturated carbocycles. The number of aromatic nitrogens is 2. The zero-order valence-corrected chi connectivity index (χ0v) is 10.3. The van der Waals surface area contributed by atoms with E-state index in [1.54, 1.807) is 4.57 Å². The molecule has 2 aliphatic rings. The Kier molecular flexibility index (Phi) is 2.49. The molecule has 0 spiro atoms. The van der Waals surface area contributed by atoms with Gasteiger partial charge < -0.3 is 10.3 Å². The van der Waals surface area contributed by atoms with Crippen molar-refractivity contribution in [2.45, 2.75) is 49.3 Å². The first-order chi connectivity index (χ1) is 8.06. The molecule has 0 bridgehead atoms. The van der Waals surface area contributed by atoms with E-state index in [1.165, 1.54) is 6.20 Å². The first-order valence-corrected chi connectivity index (χ1v) is 7.37. The molecule has 2 heterocycles. The zero-order chi connectivity index (χ0) is 12.0. The molecule has 1 aliphatic carbocycles. The van der Waals surface area contributed by atoms with E-state index in [0.717, 1.165) is 38.1 Å². The highest BCUT2D eigenvalue weighted by atomic mass is 32.2. The molecule has 0 atom stereocenters. The Morgan fingerprint density at radius 1 is 1.47 bits per heavy atom. The van der Waals surface area contributed by atoms with Crippen LogP contribution in [0.3, 0.4) is 0 Å². The molecule has 17 heavy (non-hydrogen) atoms. The maximum absolute atomic E-state index is 12.2. The van der Waals surface area contributed by atoms with Crippen LogP contribution in [0.4, 0.5) is 0 Å². The standard InChI is InChI=1S/C10H16N4O2S/c11-7-4-8(5-7)13-17(15,16)10-6-12-9-2-1-3-14(9)10/h6-8,13H,1-5,11H2. The molecular weight excluding hydrogens is 240 g/mol. The van der Waals surface area contributed by atoms with Gasteiger partial charge in [0.15, 0.2) is 5.03 Å². The van der Waals surface area contributed by atoms with E-state index < -0.39 is 10.0 Å². The van der Waals surface area contributed by atoms with E-state index in [-0.39, 0.29) is 12.1 Å². The maximum atomic E-state index is 12.2. The van der Waals surface area contributed by atoms with E-state index in [1.807, 2.05) is 0 Å². The number of hydrogen-bond donors (Lipinski definition) is 2. The van der Waals surface area contributed by atoms with Crippen LogP contribution in [0.15, 0.2) is 11.2 Å². The Balaban J connectivity index is 1.82. The van der Waals surface area contributed by atoms with Gasteiger partial charge >= 0.3 is 0 Å². The van der Waals surface area contributed by atoms with Crippen LogP contribution in [0.5, 0.6) is 0 Å². The zero-order valence-electron chi connectivity index (χ0n) is 9.46. The molecule has 0 amide bonds. The van der Waals surface area contributed by atoms with Crippen LogP contribution in [-0.4, -0.2) is 30.1 Å². The minimum Gasteiger partial charge on any atom is -0.328 e. The Hall–Kier alpha value is -0.920. The molecule has 0 aromatic carbocycles. The number of fused-ring (bicyclic) bond motifs is 1. The summed E-state index contributed by atoms with van der Waals surface area (Å²) in [4.78, 5) is 4.15. The minimum atomic E-state index is -3.43. The van der Waals surface area contributed by atoms with Gasteiger partial charge in [0.1, 0.15) is 5.82 Å². The van der Waals surface area contributed by atoms with Crippen molar-refractivity contribution in [2.75, 3.05) is 0 Å². The van der Waals surface area contributed by atoms with Crippen LogP contribution in [0.25, 0.3) is 0 Å². The molecular formula is C10H16N4O2S. The summed E-state index contributed by atoms with van der Waals surface area (Å²) < 4.78 is 28.8. The fourth-order valence-corrected chi connectivity index (χ4v) is 3.91.